The van der Waals surface area contributed by atoms with Gasteiger partial charge in [-0.2, -0.15) is 0 Å². The van der Waals surface area contributed by atoms with Crippen LogP contribution in [-0.2, 0) is 4.79 Å². The molecule has 2 aliphatic rings. The summed E-state index contributed by atoms with van der Waals surface area (Å²) in [5.41, 5.74) is 1.83. The molecule has 0 bridgehead atoms. The zero-order valence-electron chi connectivity index (χ0n) is 18.9. The SMILES string of the molecule is COc1ccc(F)c(C2CCC(COc3cccc([C@H](C4CC4)[C@H](C)C(=O)O)c3)CC2)c1. The monoisotopic (exact) mass is 440 g/mol. The summed E-state index contributed by atoms with van der Waals surface area (Å²) in [4.78, 5) is 11.6. The Morgan fingerprint density at radius 2 is 1.81 bits per heavy atom. The molecule has 2 fully saturated rings. The Morgan fingerprint density at radius 3 is 2.47 bits per heavy atom. The number of methoxy groups -OCH3 is 1. The molecule has 2 aromatic carbocycles. The van der Waals surface area contributed by atoms with Crippen LogP contribution in [0.5, 0.6) is 11.5 Å². The van der Waals surface area contributed by atoms with Crippen molar-refractivity contribution in [1.29, 1.82) is 0 Å². The highest BCUT2D eigenvalue weighted by Gasteiger charge is 2.38. The molecule has 172 valence electrons. The van der Waals surface area contributed by atoms with Gasteiger partial charge >= 0.3 is 5.97 Å². The van der Waals surface area contributed by atoms with Crippen molar-refractivity contribution in [3.8, 4) is 11.5 Å². The number of rotatable bonds is 9. The fourth-order valence-corrected chi connectivity index (χ4v) is 5.21. The Kier molecular flexibility index (Phi) is 7.02. The highest BCUT2D eigenvalue weighted by molar-refractivity contribution is 5.71. The van der Waals surface area contributed by atoms with Gasteiger partial charge in [0.2, 0.25) is 0 Å². The molecule has 0 unspecified atom stereocenters. The van der Waals surface area contributed by atoms with Crippen LogP contribution in [-0.4, -0.2) is 24.8 Å². The molecule has 0 aromatic heterocycles. The lowest BCUT2D eigenvalue weighted by molar-refractivity contribution is -0.142. The van der Waals surface area contributed by atoms with Gasteiger partial charge in [0.05, 0.1) is 19.6 Å². The molecule has 0 radical (unpaired) electrons. The fraction of sp³-hybridized carbons (Fsp3) is 0.519. The lowest BCUT2D eigenvalue weighted by atomic mass is 9.79. The van der Waals surface area contributed by atoms with E-state index in [0.717, 1.165) is 55.4 Å². The molecule has 0 heterocycles. The van der Waals surface area contributed by atoms with Crippen molar-refractivity contribution in [2.24, 2.45) is 17.8 Å². The minimum atomic E-state index is -0.738. The normalized spacial score (nSPS) is 22.7. The molecule has 0 spiro atoms. The van der Waals surface area contributed by atoms with Crippen LogP contribution in [0, 0.1) is 23.6 Å². The van der Waals surface area contributed by atoms with E-state index in [9.17, 15) is 14.3 Å². The van der Waals surface area contributed by atoms with Crippen LogP contribution in [0.1, 0.15) is 68.4 Å². The third-order valence-corrected chi connectivity index (χ3v) is 7.28. The van der Waals surface area contributed by atoms with Crippen LogP contribution in [0.3, 0.4) is 0 Å². The minimum Gasteiger partial charge on any atom is -0.497 e. The largest absolute Gasteiger partial charge is 0.497 e. The van der Waals surface area contributed by atoms with Crippen molar-refractivity contribution in [3.63, 3.8) is 0 Å². The molecule has 5 heteroatoms. The topological polar surface area (TPSA) is 55.8 Å². The fourth-order valence-electron chi connectivity index (χ4n) is 5.21. The maximum absolute atomic E-state index is 14.3. The van der Waals surface area contributed by atoms with Crippen LogP contribution < -0.4 is 9.47 Å². The van der Waals surface area contributed by atoms with Crippen molar-refractivity contribution in [2.45, 2.75) is 57.3 Å². The first-order chi connectivity index (χ1) is 15.5. The summed E-state index contributed by atoms with van der Waals surface area (Å²) in [6.45, 7) is 2.45. The molecule has 0 saturated heterocycles. The third kappa shape index (κ3) is 5.25. The lowest BCUT2D eigenvalue weighted by Gasteiger charge is -2.29. The quantitative estimate of drug-likeness (QED) is 0.490. The summed E-state index contributed by atoms with van der Waals surface area (Å²) in [5.74, 6) is 1.40. The van der Waals surface area contributed by atoms with Crippen LogP contribution in [0.25, 0.3) is 0 Å². The Morgan fingerprint density at radius 1 is 1.06 bits per heavy atom. The molecule has 0 amide bonds. The van der Waals surface area contributed by atoms with Crippen molar-refractivity contribution in [2.75, 3.05) is 13.7 Å². The summed E-state index contributed by atoms with van der Waals surface area (Å²) in [6.07, 6.45) is 6.09. The Labute approximate surface area is 189 Å². The average Bonchev–Trinajstić information content (AvgIpc) is 3.64. The zero-order chi connectivity index (χ0) is 22.7. The maximum Gasteiger partial charge on any atom is 0.306 e. The van der Waals surface area contributed by atoms with E-state index in [-0.39, 0.29) is 17.7 Å². The van der Waals surface area contributed by atoms with Crippen LogP contribution >= 0.6 is 0 Å². The molecule has 0 aliphatic heterocycles. The van der Waals surface area contributed by atoms with E-state index in [1.165, 1.54) is 6.07 Å². The van der Waals surface area contributed by atoms with E-state index in [1.807, 2.05) is 37.3 Å². The van der Waals surface area contributed by atoms with Gasteiger partial charge in [-0.05, 0) is 104 Å². The summed E-state index contributed by atoms with van der Waals surface area (Å²) in [7, 11) is 1.61. The number of carboxylic acids is 1. The second-order valence-corrected chi connectivity index (χ2v) is 9.48. The first-order valence-corrected chi connectivity index (χ1v) is 11.7. The molecule has 32 heavy (non-hydrogen) atoms. The number of hydrogen-bond acceptors (Lipinski definition) is 3. The van der Waals surface area contributed by atoms with Gasteiger partial charge in [0.15, 0.2) is 0 Å². The van der Waals surface area contributed by atoms with Gasteiger partial charge in [-0.15, -0.1) is 0 Å². The van der Waals surface area contributed by atoms with E-state index in [2.05, 4.69) is 0 Å². The molecule has 2 atom stereocenters. The van der Waals surface area contributed by atoms with Gasteiger partial charge in [-0.25, -0.2) is 4.39 Å². The average molecular weight is 441 g/mol. The highest BCUT2D eigenvalue weighted by Crippen LogP contribution is 2.47. The molecule has 2 saturated carbocycles. The molecule has 4 nitrogen and oxygen atoms in total. The minimum absolute atomic E-state index is 0.0456. The second-order valence-electron chi connectivity index (χ2n) is 9.48. The van der Waals surface area contributed by atoms with Gasteiger partial charge in [-0.3, -0.25) is 4.79 Å². The van der Waals surface area contributed by atoms with E-state index in [1.54, 1.807) is 13.2 Å². The first-order valence-electron chi connectivity index (χ1n) is 11.7. The number of carboxylic acid groups (broad SMARTS) is 1. The number of ether oxygens (including phenoxy) is 2. The van der Waals surface area contributed by atoms with Crippen molar-refractivity contribution < 1.29 is 23.8 Å². The Bertz CT molecular complexity index is 931. The lowest BCUT2D eigenvalue weighted by Crippen LogP contribution is -2.21. The summed E-state index contributed by atoms with van der Waals surface area (Å²) < 4.78 is 25.7. The van der Waals surface area contributed by atoms with E-state index in [4.69, 9.17) is 9.47 Å². The van der Waals surface area contributed by atoms with Crippen molar-refractivity contribution in [1.82, 2.24) is 0 Å². The predicted octanol–water partition coefficient (Wildman–Crippen LogP) is 6.40. The zero-order valence-corrected chi connectivity index (χ0v) is 18.9. The van der Waals surface area contributed by atoms with Crippen LogP contribution in [0.15, 0.2) is 42.5 Å². The molecule has 4 rings (SSSR count). The second kappa shape index (κ2) is 9.93. The smallest absolute Gasteiger partial charge is 0.306 e. The molecule has 1 N–H and O–H groups in total. The molecular formula is C27H33FO4. The van der Waals surface area contributed by atoms with Gasteiger partial charge < -0.3 is 14.6 Å². The highest BCUT2D eigenvalue weighted by atomic mass is 19.1. The Balaban J connectivity index is 1.33. The van der Waals surface area contributed by atoms with Gasteiger partial charge in [0.25, 0.3) is 0 Å². The van der Waals surface area contributed by atoms with E-state index in [0.29, 0.717) is 24.2 Å². The van der Waals surface area contributed by atoms with Crippen LogP contribution in [0.2, 0.25) is 0 Å². The number of halogens is 1. The Hall–Kier alpha value is -2.56. The molecule has 2 aliphatic carbocycles. The summed E-state index contributed by atoms with van der Waals surface area (Å²) >= 11 is 0. The molecular weight excluding hydrogens is 407 g/mol. The number of aliphatic carboxylic acids is 1. The van der Waals surface area contributed by atoms with Gasteiger partial charge in [0, 0.05) is 0 Å². The maximum atomic E-state index is 14.3. The van der Waals surface area contributed by atoms with E-state index >= 15 is 0 Å². The third-order valence-electron chi connectivity index (χ3n) is 7.28. The summed E-state index contributed by atoms with van der Waals surface area (Å²) in [5, 5.41) is 9.52. The van der Waals surface area contributed by atoms with E-state index < -0.39 is 11.9 Å². The number of hydrogen-bond donors (Lipinski definition) is 1. The summed E-state index contributed by atoms with van der Waals surface area (Å²) in [6, 6.07) is 13.0. The standard InChI is InChI=1S/C27H33FO4/c1-17(27(29)30)26(20-10-11-20)21-4-3-5-23(14-21)32-16-18-6-8-19(9-7-18)24-15-22(31-2)12-13-25(24)28/h3-5,12-15,17-20,26H,6-11,16H2,1-2H3,(H,29,30)/t17-,18?,19?,26-/m0/s1. The number of benzene rings is 2. The van der Waals surface area contributed by atoms with Crippen molar-refractivity contribution >= 4 is 5.97 Å². The van der Waals surface area contributed by atoms with Crippen molar-refractivity contribution in [3.05, 3.63) is 59.4 Å². The number of carbonyl (C=O) groups is 1. The van der Waals surface area contributed by atoms with Gasteiger partial charge in [-0.1, -0.05) is 19.1 Å². The van der Waals surface area contributed by atoms with Crippen LogP contribution in [0.4, 0.5) is 4.39 Å². The predicted molar refractivity (Wildman–Crippen MR) is 122 cm³/mol. The molecule has 2 aromatic rings. The van der Waals surface area contributed by atoms with Gasteiger partial charge in [0.1, 0.15) is 17.3 Å². The first kappa shape index (κ1) is 22.6.